The van der Waals surface area contributed by atoms with Gasteiger partial charge in [0.25, 0.3) is 0 Å². The van der Waals surface area contributed by atoms with Crippen molar-refractivity contribution < 1.29 is 9.90 Å². The fraction of sp³-hybridized carbons (Fsp3) is 0.875. The number of hydrogen-bond acceptors (Lipinski definition) is 2. The average molecular weight is 139 g/mol. The summed E-state index contributed by atoms with van der Waals surface area (Å²) in [5.74, 6) is 0.272. The highest BCUT2D eigenvalue weighted by Crippen LogP contribution is 2.47. The fourth-order valence-electron chi connectivity index (χ4n) is 2.53. The highest BCUT2D eigenvalue weighted by Gasteiger charge is 2.39. The Kier molecular flexibility index (Phi) is 1.22. The van der Waals surface area contributed by atoms with Crippen LogP contribution < -0.4 is 5.11 Å². The molecule has 0 heterocycles. The topological polar surface area (TPSA) is 40.1 Å². The summed E-state index contributed by atoms with van der Waals surface area (Å²) >= 11 is 0. The van der Waals surface area contributed by atoms with E-state index in [1.807, 2.05) is 0 Å². The molecule has 0 aromatic carbocycles. The van der Waals surface area contributed by atoms with E-state index in [0.717, 1.165) is 19.3 Å². The van der Waals surface area contributed by atoms with E-state index >= 15 is 0 Å². The van der Waals surface area contributed by atoms with Crippen LogP contribution >= 0.6 is 0 Å². The zero-order valence-electron chi connectivity index (χ0n) is 5.88. The van der Waals surface area contributed by atoms with Crippen LogP contribution in [0.2, 0.25) is 0 Å². The Labute approximate surface area is 60.2 Å². The van der Waals surface area contributed by atoms with Gasteiger partial charge in [0.05, 0.1) is 0 Å². The van der Waals surface area contributed by atoms with Crippen LogP contribution in [0, 0.1) is 17.8 Å². The van der Waals surface area contributed by atoms with Crippen molar-refractivity contribution in [2.75, 3.05) is 0 Å². The molecule has 0 saturated heterocycles. The largest absolute Gasteiger partial charge is 0.550 e. The van der Waals surface area contributed by atoms with E-state index in [1.165, 1.54) is 6.42 Å². The SMILES string of the molecule is O=C([O-])[C@@H]1C[C@H]2CC[C@@H]1C2. The van der Waals surface area contributed by atoms with Crippen LogP contribution in [0.5, 0.6) is 0 Å². The van der Waals surface area contributed by atoms with Crippen molar-refractivity contribution >= 4 is 5.97 Å². The van der Waals surface area contributed by atoms with Crippen molar-refractivity contribution in [3.05, 3.63) is 0 Å². The summed E-state index contributed by atoms with van der Waals surface area (Å²) < 4.78 is 0. The smallest absolute Gasteiger partial charge is 0.0448 e. The van der Waals surface area contributed by atoms with E-state index in [1.54, 1.807) is 0 Å². The summed E-state index contributed by atoms with van der Waals surface area (Å²) in [4.78, 5) is 10.5. The van der Waals surface area contributed by atoms with Gasteiger partial charge < -0.3 is 9.90 Å². The second kappa shape index (κ2) is 1.97. The molecule has 2 bridgehead atoms. The van der Waals surface area contributed by atoms with Crippen LogP contribution in [-0.2, 0) is 4.79 Å². The molecule has 3 atom stereocenters. The number of hydrogen-bond donors (Lipinski definition) is 0. The van der Waals surface area contributed by atoms with Gasteiger partial charge in [-0.2, -0.15) is 0 Å². The van der Waals surface area contributed by atoms with Crippen LogP contribution in [0.4, 0.5) is 0 Å². The third kappa shape index (κ3) is 0.746. The fourth-order valence-corrected chi connectivity index (χ4v) is 2.53. The molecule has 2 rings (SSSR count). The molecular formula is C8H11O2-. The van der Waals surface area contributed by atoms with Crippen LogP contribution in [0.25, 0.3) is 0 Å². The van der Waals surface area contributed by atoms with Crippen LogP contribution in [0.1, 0.15) is 25.7 Å². The summed E-state index contributed by atoms with van der Waals surface area (Å²) in [5.41, 5.74) is 0. The molecule has 0 aromatic rings. The Morgan fingerprint density at radius 3 is 2.40 bits per heavy atom. The number of carbonyl (C=O) groups is 1. The lowest BCUT2D eigenvalue weighted by molar-refractivity contribution is -0.313. The van der Waals surface area contributed by atoms with Gasteiger partial charge in [0.15, 0.2) is 0 Å². The van der Waals surface area contributed by atoms with E-state index in [9.17, 15) is 9.90 Å². The van der Waals surface area contributed by atoms with Crippen molar-refractivity contribution in [3.63, 3.8) is 0 Å². The van der Waals surface area contributed by atoms with Crippen LogP contribution in [0.15, 0.2) is 0 Å². The lowest BCUT2D eigenvalue weighted by Crippen LogP contribution is -2.34. The van der Waals surface area contributed by atoms with Gasteiger partial charge in [-0.05, 0) is 31.1 Å². The Bertz CT molecular complexity index is 165. The molecule has 0 N–H and O–H groups in total. The molecular weight excluding hydrogens is 128 g/mol. The maximum absolute atomic E-state index is 10.5. The van der Waals surface area contributed by atoms with Gasteiger partial charge >= 0.3 is 0 Å². The summed E-state index contributed by atoms with van der Waals surface area (Å²) in [7, 11) is 0. The molecule has 0 radical (unpaired) electrons. The molecule has 2 nitrogen and oxygen atoms in total. The molecule has 0 amide bonds. The second-order valence-electron chi connectivity index (χ2n) is 3.60. The summed E-state index contributed by atoms with van der Waals surface area (Å²) in [6.07, 6.45) is 4.43. The Balaban J connectivity index is 2.08. The molecule has 10 heavy (non-hydrogen) atoms. The van der Waals surface area contributed by atoms with Crippen molar-refractivity contribution in [2.45, 2.75) is 25.7 Å². The molecule has 2 saturated carbocycles. The molecule has 0 aliphatic heterocycles. The lowest BCUT2D eigenvalue weighted by Gasteiger charge is -2.21. The standard InChI is InChI=1S/C8H12O2/c9-8(10)7-4-5-1-2-6(7)3-5/h5-7H,1-4H2,(H,9,10)/p-1/t5-,6+,7+/m0/s1. The highest BCUT2D eigenvalue weighted by atomic mass is 16.4. The molecule has 2 fully saturated rings. The van der Waals surface area contributed by atoms with Gasteiger partial charge in [-0.1, -0.05) is 6.42 Å². The van der Waals surface area contributed by atoms with Gasteiger partial charge in [-0.3, -0.25) is 0 Å². The zero-order valence-corrected chi connectivity index (χ0v) is 5.88. The summed E-state index contributed by atoms with van der Waals surface area (Å²) in [6.45, 7) is 0. The van der Waals surface area contributed by atoms with E-state index < -0.39 is 5.97 Å². The molecule has 2 heteroatoms. The van der Waals surface area contributed by atoms with Gasteiger partial charge in [0.2, 0.25) is 0 Å². The average Bonchev–Trinajstić information content (AvgIpc) is 2.44. The van der Waals surface area contributed by atoms with E-state index in [0.29, 0.717) is 11.8 Å². The van der Waals surface area contributed by atoms with Gasteiger partial charge in [0.1, 0.15) is 0 Å². The first-order valence-corrected chi connectivity index (χ1v) is 3.98. The number of fused-ring (bicyclic) bond motifs is 2. The van der Waals surface area contributed by atoms with Crippen LogP contribution in [-0.4, -0.2) is 5.97 Å². The maximum atomic E-state index is 10.5. The van der Waals surface area contributed by atoms with Crippen molar-refractivity contribution in [2.24, 2.45) is 17.8 Å². The van der Waals surface area contributed by atoms with Crippen molar-refractivity contribution in [1.29, 1.82) is 0 Å². The maximum Gasteiger partial charge on any atom is 0.0448 e. The normalized spacial score (nSPS) is 44.2. The van der Waals surface area contributed by atoms with E-state index in [2.05, 4.69) is 0 Å². The zero-order chi connectivity index (χ0) is 7.14. The lowest BCUT2D eigenvalue weighted by atomic mass is 9.89. The minimum absolute atomic E-state index is 0.0984. The number of carboxylic acids is 1. The van der Waals surface area contributed by atoms with E-state index in [4.69, 9.17) is 0 Å². The van der Waals surface area contributed by atoms with E-state index in [-0.39, 0.29) is 5.92 Å². The Morgan fingerprint density at radius 1 is 1.30 bits per heavy atom. The molecule has 0 aromatic heterocycles. The van der Waals surface area contributed by atoms with Crippen molar-refractivity contribution in [3.8, 4) is 0 Å². The number of carboxylic acid groups (broad SMARTS) is 1. The Hall–Kier alpha value is -0.530. The van der Waals surface area contributed by atoms with Gasteiger partial charge in [0, 0.05) is 11.9 Å². The monoisotopic (exact) mass is 139 g/mol. The van der Waals surface area contributed by atoms with Crippen LogP contribution in [0.3, 0.4) is 0 Å². The predicted molar refractivity (Wildman–Crippen MR) is 33.9 cm³/mol. The number of carbonyl (C=O) groups excluding carboxylic acids is 1. The predicted octanol–water partition coefficient (Wildman–Crippen LogP) is 0.172. The number of aliphatic carboxylic acids is 1. The third-order valence-corrected chi connectivity index (χ3v) is 3.04. The molecule has 2 aliphatic rings. The minimum Gasteiger partial charge on any atom is -0.550 e. The summed E-state index contributed by atoms with van der Waals surface area (Å²) in [5, 5.41) is 10.5. The molecule has 56 valence electrons. The first-order valence-electron chi connectivity index (χ1n) is 3.98. The number of rotatable bonds is 1. The first kappa shape index (κ1) is 6.20. The summed E-state index contributed by atoms with van der Waals surface area (Å²) in [6, 6.07) is 0. The minimum atomic E-state index is -0.813. The van der Waals surface area contributed by atoms with Crippen molar-refractivity contribution in [1.82, 2.24) is 0 Å². The molecule has 0 spiro atoms. The van der Waals surface area contributed by atoms with Gasteiger partial charge in [-0.25, -0.2) is 0 Å². The Morgan fingerprint density at radius 2 is 2.10 bits per heavy atom. The highest BCUT2D eigenvalue weighted by molar-refractivity contribution is 5.68. The molecule has 0 unspecified atom stereocenters. The molecule has 2 aliphatic carbocycles. The quantitative estimate of drug-likeness (QED) is 0.519. The van der Waals surface area contributed by atoms with Gasteiger partial charge in [-0.15, -0.1) is 0 Å². The second-order valence-corrected chi connectivity index (χ2v) is 3.60. The third-order valence-electron chi connectivity index (χ3n) is 3.04. The first-order chi connectivity index (χ1) is 4.77.